The van der Waals surface area contributed by atoms with Crippen molar-refractivity contribution in [1.82, 2.24) is 5.32 Å². The van der Waals surface area contributed by atoms with Crippen LogP contribution in [0.3, 0.4) is 0 Å². The average molecular weight is 275 g/mol. The highest BCUT2D eigenvalue weighted by molar-refractivity contribution is 7.09. The molecule has 0 spiro atoms. The number of hydrogen-bond donors (Lipinski definition) is 1. The SMILES string of the molecule is CC(C)NC(=O)c1ccc(OCc2cccs2)cc1. The molecule has 3 nitrogen and oxygen atoms in total. The summed E-state index contributed by atoms with van der Waals surface area (Å²) in [5.41, 5.74) is 0.650. The second kappa shape index (κ2) is 6.38. The summed E-state index contributed by atoms with van der Waals surface area (Å²) in [7, 11) is 0. The maximum absolute atomic E-state index is 11.8. The van der Waals surface area contributed by atoms with E-state index < -0.39 is 0 Å². The van der Waals surface area contributed by atoms with Crippen molar-refractivity contribution in [3.05, 3.63) is 52.2 Å². The molecule has 2 aromatic rings. The lowest BCUT2D eigenvalue weighted by molar-refractivity contribution is 0.0943. The molecular formula is C15H17NO2S. The van der Waals surface area contributed by atoms with Crippen molar-refractivity contribution in [1.29, 1.82) is 0 Å². The summed E-state index contributed by atoms with van der Waals surface area (Å²) in [6, 6.07) is 11.4. The highest BCUT2D eigenvalue weighted by Crippen LogP contribution is 2.16. The Bertz CT molecular complexity index is 518. The summed E-state index contributed by atoms with van der Waals surface area (Å²) >= 11 is 1.67. The van der Waals surface area contributed by atoms with Crippen LogP contribution in [-0.2, 0) is 6.61 Å². The standard InChI is InChI=1S/C15H17NO2S/c1-11(2)16-15(17)12-5-7-13(8-6-12)18-10-14-4-3-9-19-14/h3-9,11H,10H2,1-2H3,(H,16,17). The van der Waals surface area contributed by atoms with Crippen LogP contribution in [0, 0.1) is 0 Å². The third kappa shape index (κ3) is 4.10. The molecule has 0 aliphatic carbocycles. The van der Waals surface area contributed by atoms with Gasteiger partial charge in [0.2, 0.25) is 0 Å². The molecule has 2 rings (SSSR count). The fraction of sp³-hybridized carbons (Fsp3) is 0.267. The number of nitrogens with one attached hydrogen (secondary N) is 1. The second-order valence-corrected chi connectivity index (χ2v) is 5.55. The minimum absolute atomic E-state index is 0.0557. The zero-order chi connectivity index (χ0) is 13.7. The number of carbonyl (C=O) groups excluding carboxylic acids is 1. The van der Waals surface area contributed by atoms with Gasteiger partial charge >= 0.3 is 0 Å². The smallest absolute Gasteiger partial charge is 0.251 e. The molecule has 1 amide bonds. The molecule has 0 aliphatic heterocycles. The van der Waals surface area contributed by atoms with Crippen LogP contribution in [0.25, 0.3) is 0 Å². The van der Waals surface area contributed by atoms with Crippen molar-refractivity contribution < 1.29 is 9.53 Å². The highest BCUT2D eigenvalue weighted by Gasteiger charge is 2.06. The molecule has 4 heteroatoms. The molecular weight excluding hydrogens is 258 g/mol. The summed E-state index contributed by atoms with van der Waals surface area (Å²) in [5.74, 6) is 0.717. The molecule has 0 saturated heterocycles. The highest BCUT2D eigenvalue weighted by atomic mass is 32.1. The van der Waals surface area contributed by atoms with E-state index in [4.69, 9.17) is 4.74 Å². The number of hydrogen-bond acceptors (Lipinski definition) is 3. The van der Waals surface area contributed by atoms with Crippen molar-refractivity contribution in [2.45, 2.75) is 26.5 Å². The van der Waals surface area contributed by atoms with Crippen molar-refractivity contribution in [3.63, 3.8) is 0 Å². The van der Waals surface area contributed by atoms with Gasteiger partial charge in [0.15, 0.2) is 0 Å². The lowest BCUT2D eigenvalue weighted by Crippen LogP contribution is -2.29. The van der Waals surface area contributed by atoms with Crippen molar-refractivity contribution in [3.8, 4) is 5.75 Å². The van der Waals surface area contributed by atoms with Gasteiger partial charge in [-0.1, -0.05) is 6.07 Å². The molecule has 0 aliphatic rings. The Morgan fingerprint density at radius 2 is 2.00 bits per heavy atom. The van der Waals surface area contributed by atoms with Crippen LogP contribution in [0.15, 0.2) is 41.8 Å². The van der Waals surface area contributed by atoms with Crippen molar-refractivity contribution >= 4 is 17.2 Å². The molecule has 100 valence electrons. The first-order valence-corrected chi connectivity index (χ1v) is 7.09. The summed E-state index contributed by atoms with van der Waals surface area (Å²) in [6.45, 7) is 4.45. The molecule has 19 heavy (non-hydrogen) atoms. The molecule has 1 N–H and O–H groups in total. The zero-order valence-corrected chi connectivity index (χ0v) is 11.9. The van der Waals surface area contributed by atoms with Gasteiger partial charge in [-0.15, -0.1) is 11.3 Å². The van der Waals surface area contributed by atoms with Gasteiger partial charge in [0.05, 0.1) is 0 Å². The predicted octanol–water partition coefficient (Wildman–Crippen LogP) is 3.47. The van der Waals surface area contributed by atoms with E-state index >= 15 is 0 Å². The quantitative estimate of drug-likeness (QED) is 0.907. The van der Waals surface area contributed by atoms with Crippen LogP contribution in [0.1, 0.15) is 29.1 Å². The normalized spacial score (nSPS) is 10.5. The molecule has 1 aromatic heterocycles. The topological polar surface area (TPSA) is 38.3 Å². The first-order chi connectivity index (χ1) is 9.15. The minimum atomic E-state index is -0.0557. The van der Waals surface area contributed by atoms with Gasteiger partial charge in [-0.3, -0.25) is 4.79 Å². The van der Waals surface area contributed by atoms with Crippen LogP contribution < -0.4 is 10.1 Å². The number of ether oxygens (including phenoxy) is 1. The monoisotopic (exact) mass is 275 g/mol. The van der Waals surface area contributed by atoms with E-state index in [-0.39, 0.29) is 11.9 Å². The van der Waals surface area contributed by atoms with Gasteiger partial charge in [-0.2, -0.15) is 0 Å². The summed E-state index contributed by atoms with van der Waals surface area (Å²) < 4.78 is 5.64. The first-order valence-electron chi connectivity index (χ1n) is 6.21. The van der Waals surface area contributed by atoms with E-state index in [9.17, 15) is 4.79 Å². The Balaban J connectivity index is 1.92. The third-order valence-corrected chi connectivity index (χ3v) is 3.35. The maximum Gasteiger partial charge on any atom is 0.251 e. The van der Waals surface area contributed by atoms with E-state index in [1.54, 1.807) is 23.5 Å². The maximum atomic E-state index is 11.8. The largest absolute Gasteiger partial charge is 0.488 e. The number of amides is 1. The van der Waals surface area contributed by atoms with Gasteiger partial charge < -0.3 is 10.1 Å². The van der Waals surface area contributed by atoms with Gasteiger partial charge in [0.1, 0.15) is 12.4 Å². The molecule has 0 fully saturated rings. The van der Waals surface area contributed by atoms with Gasteiger partial charge in [-0.05, 0) is 49.6 Å². The van der Waals surface area contributed by atoms with Crippen molar-refractivity contribution in [2.75, 3.05) is 0 Å². The molecule has 0 bridgehead atoms. The van der Waals surface area contributed by atoms with Crippen LogP contribution in [0.2, 0.25) is 0 Å². The Morgan fingerprint density at radius 3 is 2.58 bits per heavy atom. The fourth-order valence-corrected chi connectivity index (χ4v) is 2.21. The van der Waals surface area contributed by atoms with Gasteiger partial charge in [-0.25, -0.2) is 0 Å². The Morgan fingerprint density at radius 1 is 1.26 bits per heavy atom. The fourth-order valence-electron chi connectivity index (χ4n) is 1.60. The average Bonchev–Trinajstić information content (AvgIpc) is 2.89. The molecule has 0 saturated carbocycles. The van der Waals surface area contributed by atoms with E-state index in [0.717, 1.165) is 5.75 Å². The van der Waals surface area contributed by atoms with E-state index in [1.165, 1.54) is 4.88 Å². The summed E-state index contributed by atoms with van der Waals surface area (Å²) in [6.07, 6.45) is 0. The van der Waals surface area contributed by atoms with Crippen LogP contribution >= 0.6 is 11.3 Å². The van der Waals surface area contributed by atoms with E-state index in [1.807, 2.05) is 43.5 Å². The number of carbonyl (C=O) groups is 1. The van der Waals surface area contributed by atoms with Crippen LogP contribution in [0.4, 0.5) is 0 Å². The van der Waals surface area contributed by atoms with E-state index in [0.29, 0.717) is 12.2 Å². The summed E-state index contributed by atoms with van der Waals surface area (Å²) in [4.78, 5) is 12.9. The molecule has 1 aromatic carbocycles. The molecule has 0 atom stereocenters. The van der Waals surface area contributed by atoms with Gasteiger partial charge in [0.25, 0.3) is 5.91 Å². The van der Waals surface area contributed by atoms with Gasteiger partial charge in [0, 0.05) is 16.5 Å². The number of thiophene rings is 1. The number of rotatable bonds is 5. The third-order valence-electron chi connectivity index (χ3n) is 2.50. The lowest BCUT2D eigenvalue weighted by Gasteiger charge is -2.09. The molecule has 0 unspecified atom stereocenters. The Hall–Kier alpha value is -1.81. The van der Waals surface area contributed by atoms with Crippen LogP contribution in [-0.4, -0.2) is 11.9 Å². The Kier molecular flexibility index (Phi) is 4.58. The zero-order valence-electron chi connectivity index (χ0n) is 11.1. The molecule has 0 radical (unpaired) electrons. The number of benzene rings is 1. The summed E-state index contributed by atoms with van der Waals surface area (Å²) in [5, 5.41) is 4.88. The van der Waals surface area contributed by atoms with Crippen molar-refractivity contribution in [2.24, 2.45) is 0 Å². The molecule has 1 heterocycles. The first kappa shape index (κ1) is 13.6. The predicted molar refractivity (Wildman–Crippen MR) is 77.7 cm³/mol. The van der Waals surface area contributed by atoms with E-state index in [2.05, 4.69) is 5.32 Å². The lowest BCUT2D eigenvalue weighted by atomic mass is 10.2. The Labute approximate surface area is 117 Å². The van der Waals surface area contributed by atoms with Crippen LogP contribution in [0.5, 0.6) is 5.75 Å². The second-order valence-electron chi connectivity index (χ2n) is 4.52. The minimum Gasteiger partial charge on any atom is -0.488 e.